The van der Waals surface area contributed by atoms with E-state index in [1.54, 1.807) is 16.7 Å². The zero-order valence-corrected chi connectivity index (χ0v) is 19.6. The van der Waals surface area contributed by atoms with Crippen molar-refractivity contribution >= 4 is 58.2 Å². The third-order valence-corrected chi connectivity index (χ3v) is 6.08. The molecule has 1 heterocycles. The van der Waals surface area contributed by atoms with E-state index < -0.39 is 5.82 Å². The molecule has 0 unspecified atom stereocenters. The lowest BCUT2D eigenvalue weighted by molar-refractivity contribution is -0.116. The van der Waals surface area contributed by atoms with Crippen LogP contribution in [0.5, 0.6) is 0 Å². The summed E-state index contributed by atoms with van der Waals surface area (Å²) in [4.78, 5) is 24.7. The van der Waals surface area contributed by atoms with Gasteiger partial charge in [-0.1, -0.05) is 41.0 Å². The van der Waals surface area contributed by atoms with Crippen LogP contribution in [0.3, 0.4) is 0 Å². The first-order chi connectivity index (χ1) is 15.3. The maximum Gasteiger partial charge on any atom is 0.234 e. The Morgan fingerprint density at radius 1 is 1.03 bits per heavy atom. The number of aromatic nitrogens is 3. The predicted octanol–water partition coefficient (Wildman–Crippen LogP) is 4.96. The number of carbonyl (C=O) groups is 2. The number of thioether (sulfide) groups is 1. The van der Waals surface area contributed by atoms with Crippen LogP contribution in [-0.2, 0) is 22.6 Å². The molecule has 0 aliphatic carbocycles. The Bertz CT molecular complexity index is 1160. The number of amides is 2. The summed E-state index contributed by atoms with van der Waals surface area (Å²) >= 11 is 13.0. The van der Waals surface area contributed by atoms with Crippen LogP contribution in [0, 0.1) is 12.7 Å². The molecule has 3 rings (SSSR count). The molecule has 0 radical (unpaired) electrons. The van der Waals surface area contributed by atoms with Gasteiger partial charge in [-0.25, -0.2) is 4.39 Å². The van der Waals surface area contributed by atoms with Crippen molar-refractivity contribution in [3.63, 3.8) is 0 Å². The Balaban J connectivity index is 1.58. The minimum Gasteiger partial charge on any atom is -0.326 e. The van der Waals surface area contributed by atoms with Crippen molar-refractivity contribution < 1.29 is 14.0 Å². The first-order valence-electron chi connectivity index (χ1n) is 9.62. The Hall–Kier alpha value is -2.62. The summed E-state index contributed by atoms with van der Waals surface area (Å²) < 4.78 is 15.0. The Morgan fingerprint density at radius 2 is 1.69 bits per heavy atom. The number of hydrogen-bond acceptors (Lipinski definition) is 5. The zero-order valence-electron chi connectivity index (χ0n) is 17.3. The van der Waals surface area contributed by atoms with E-state index in [0.717, 1.165) is 5.56 Å². The van der Waals surface area contributed by atoms with E-state index in [1.807, 2.05) is 19.9 Å². The van der Waals surface area contributed by atoms with Gasteiger partial charge in [-0.15, -0.1) is 10.2 Å². The maximum absolute atomic E-state index is 13.2. The quantitative estimate of drug-likeness (QED) is 0.430. The normalized spacial score (nSPS) is 10.8. The topological polar surface area (TPSA) is 88.9 Å². The lowest BCUT2D eigenvalue weighted by Gasteiger charge is -2.09. The van der Waals surface area contributed by atoms with Gasteiger partial charge in [-0.2, -0.15) is 0 Å². The number of hydrogen-bond donors (Lipinski definition) is 2. The van der Waals surface area contributed by atoms with Crippen molar-refractivity contribution in [2.24, 2.45) is 0 Å². The highest BCUT2D eigenvalue weighted by Crippen LogP contribution is 2.22. The molecule has 0 saturated heterocycles. The van der Waals surface area contributed by atoms with Crippen LogP contribution >= 0.6 is 35.0 Å². The lowest BCUT2D eigenvalue weighted by Crippen LogP contribution is -2.18. The largest absolute Gasteiger partial charge is 0.326 e. The van der Waals surface area contributed by atoms with Crippen molar-refractivity contribution in [3.05, 3.63) is 63.6 Å². The second-order valence-electron chi connectivity index (χ2n) is 6.80. The van der Waals surface area contributed by atoms with Gasteiger partial charge in [0.15, 0.2) is 5.16 Å². The van der Waals surface area contributed by atoms with Gasteiger partial charge in [0, 0.05) is 22.9 Å². The predicted molar refractivity (Wildman–Crippen MR) is 125 cm³/mol. The number of nitrogens with zero attached hydrogens (tertiary/aromatic N) is 3. The first-order valence-corrected chi connectivity index (χ1v) is 11.4. The SMILES string of the molecule is CCn1c(CC(=O)Nc2ccc(C)c(Cl)c2)nnc1SCC(=O)Nc1ccc(F)c(Cl)c1. The van der Waals surface area contributed by atoms with Crippen molar-refractivity contribution in [1.82, 2.24) is 14.8 Å². The number of aryl methyl sites for hydroxylation is 1. The van der Waals surface area contributed by atoms with Gasteiger partial charge in [0.1, 0.15) is 11.6 Å². The highest BCUT2D eigenvalue weighted by Gasteiger charge is 2.16. The zero-order chi connectivity index (χ0) is 23.3. The second-order valence-corrected chi connectivity index (χ2v) is 8.55. The molecule has 0 spiro atoms. The molecular weight excluding hydrogens is 476 g/mol. The molecule has 0 atom stereocenters. The summed E-state index contributed by atoms with van der Waals surface area (Å²) in [6.45, 7) is 4.31. The van der Waals surface area contributed by atoms with Gasteiger partial charge in [0.2, 0.25) is 11.8 Å². The number of nitrogens with one attached hydrogen (secondary N) is 2. The molecule has 0 aliphatic rings. The Kier molecular flexibility index (Phi) is 8.11. The molecule has 0 fully saturated rings. The molecule has 32 heavy (non-hydrogen) atoms. The van der Waals surface area contributed by atoms with Crippen LogP contribution in [0.1, 0.15) is 18.3 Å². The number of carbonyl (C=O) groups excluding carboxylic acids is 2. The van der Waals surface area contributed by atoms with Crippen LogP contribution < -0.4 is 10.6 Å². The molecule has 168 valence electrons. The van der Waals surface area contributed by atoms with Crippen LogP contribution in [0.15, 0.2) is 41.6 Å². The average molecular weight is 496 g/mol. The Morgan fingerprint density at radius 3 is 2.34 bits per heavy atom. The molecule has 2 N–H and O–H groups in total. The highest BCUT2D eigenvalue weighted by molar-refractivity contribution is 7.99. The summed E-state index contributed by atoms with van der Waals surface area (Å²) in [7, 11) is 0. The minimum absolute atomic E-state index is 0.0210. The monoisotopic (exact) mass is 495 g/mol. The van der Waals surface area contributed by atoms with E-state index in [2.05, 4.69) is 20.8 Å². The van der Waals surface area contributed by atoms with E-state index >= 15 is 0 Å². The van der Waals surface area contributed by atoms with Crippen molar-refractivity contribution in [2.45, 2.75) is 32.0 Å². The summed E-state index contributed by atoms with van der Waals surface area (Å²) in [6, 6.07) is 9.24. The standard InChI is InChI=1S/C21H20Cl2FN5O2S/c1-3-29-18(10-19(30)25-13-5-4-12(2)15(22)8-13)27-28-21(29)32-11-20(31)26-14-6-7-17(24)16(23)9-14/h4-9H,3,10-11H2,1-2H3,(H,25,30)(H,26,31). The summed E-state index contributed by atoms with van der Waals surface area (Å²) in [6.07, 6.45) is 0.0210. The van der Waals surface area contributed by atoms with Gasteiger partial charge in [-0.3, -0.25) is 9.59 Å². The highest BCUT2D eigenvalue weighted by atomic mass is 35.5. The summed E-state index contributed by atoms with van der Waals surface area (Å²) in [5.74, 6) is -0.580. The Labute approximate surface area is 198 Å². The molecule has 0 bridgehead atoms. The lowest BCUT2D eigenvalue weighted by atomic mass is 10.2. The van der Waals surface area contributed by atoms with Gasteiger partial charge in [-0.05, 0) is 49.7 Å². The first kappa shape index (κ1) is 24.0. The second kappa shape index (κ2) is 10.8. The number of benzene rings is 2. The van der Waals surface area contributed by atoms with Crippen LogP contribution in [0.2, 0.25) is 10.0 Å². The molecular formula is C21H20Cl2FN5O2S. The third kappa shape index (κ3) is 6.21. The van der Waals surface area contributed by atoms with Crippen LogP contribution in [0.25, 0.3) is 0 Å². The van der Waals surface area contributed by atoms with Gasteiger partial charge in [0.05, 0.1) is 17.2 Å². The fraction of sp³-hybridized carbons (Fsp3) is 0.238. The fourth-order valence-electron chi connectivity index (χ4n) is 2.79. The van der Waals surface area contributed by atoms with Crippen molar-refractivity contribution in [1.29, 1.82) is 0 Å². The summed E-state index contributed by atoms with van der Waals surface area (Å²) in [5.41, 5.74) is 1.91. The molecule has 0 saturated carbocycles. The molecule has 2 aromatic carbocycles. The maximum atomic E-state index is 13.2. The van der Waals surface area contributed by atoms with E-state index in [4.69, 9.17) is 23.2 Å². The van der Waals surface area contributed by atoms with E-state index in [9.17, 15) is 14.0 Å². The molecule has 11 heteroatoms. The van der Waals surface area contributed by atoms with E-state index in [1.165, 1.54) is 30.0 Å². The smallest absolute Gasteiger partial charge is 0.234 e. The molecule has 1 aromatic heterocycles. The fourth-order valence-corrected chi connectivity index (χ4v) is 3.98. The number of anilines is 2. The number of halogens is 3. The van der Waals surface area contributed by atoms with E-state index in [-0.39, 0.29) is 29.0 Å². The van der Waals surface area contributed by atoms with Gasteiger partial charge in [0.25, 0.3) is 0 Å². The summed E-state index contributed by atoms with van der Waals surface area (Å²) in [5, 5.41) is 14.7. The van der Waals surface area contributed by atoms with Gasteiger partial charge >= 0.3 is 0 Å². The molecule has 2 amide bonds. The average Bonchev–Trinajstić information content (AvgIpc) is 3.13. The van der Waals surface area contributed by atoms with E-state index in [0.29, 0.717) is 33.9 Å². The molecule has 7 nitrogen and oxygen atoms in total. The molecule has 3 aromatic rings. The number of rotatable bonds is 8. The van der Waals surface area contributed by atoms with Crippen LogP contribution in [-0.4, -0.2) is 32.3 Å². The van der Waals surface area contributed by atoms with Crippen molar-refractivity contribution in [2.75, 3.05) is 16.4 Å². The van der Waals surface area contributed by atoms with Crippen LogP contribution in [0.4, 0.5) is 15.8 Å². The van der Waals surface area contributed by atoms with Crippen molar-refractivity contribution in [3.8, 4) is 0 Å². The minimum atomic E-state index is -0.558. The molecule has 0 aliphatic heterocycles. The van der Waals surface area contributed by atoms with Gasteiger partial charge < -0.3 is 15.2 Å². The third-order valence-electron chi connectivity index (χ3n) is 4.42.